The highest BCUT2D eigenvalue weighted by Crippen LogP contribution is 2.47. The highest BCUT2D eigenvalue weighted by atomic mass is 127. The van der Waals surface area contributed by atoms with Crippen molar-refractivity contribution in [3.05, 3.63) is 81.4 Å². The topological polar surface area (TPSA) is 41.4 Å². The number of hydrogen-bond donors (Lipinski definition) is 1. The molecular weight excluding hydrogens is 589 g/mol. The van der Waals surface area contributed by atoms with Gasteiger partial charge in [0.05, 0.1) is 26.3 Å². The molecule has 7 heteroatoms. The number of quaternary nitrogens is 1. The van der Waals surface area contributed by atoms with Crippen molar-refractivity contribution in [2.75, 3.05) is 27.6 Å². The Kier molecular flexibility index (Phi) is 7.56. The summed E-state index contributed by atoms with van der Waals surface area (Å²) in [7, 11) is 3.47. The molecule has 0 aromatic heterocycles. The molecule has 36 heavy (non-hydrogen) atoms. The normalized spacial score (nSPS) is 21.0. The second kappa shape index (κ2) is 10.7. The van der Waals surface area contributed by atoms with Crippen molar-refractivity contribution in [2.24, 2.45) is 0 Å². The van der Waals surface area contributed by atoms with Crippen LogP contribution in [0.3, 0.4) is 0 Å². The summed E-state index contributed by atoms with van der Waals surface area (Å²) in [5, 5.41) is 0.785. The predicted molar refractivity (Wildman–Crippen MR) is 135 cm³/mol. The fourth-order valence-corrected chi connectivity index (χ4v) is 6.44. The zero-order valence-electron chi connectivity index (χ0n) is 20.6. The van der Waals surface area contributed by atoms with E-state index in [0.717, 1.165) is 66.8 Å². The minimum atomic E-state index is 0. The fraction of sp³-hybridized carbons (Fsp3) is 0.379. The molecule has 0 saturated carbocycles. The zero-order chi connectivity index (χ0) is 23.9. The number of benzene rings is 3. The first kappa shape index (κ1) is 25.5. The first-order chi connectivity index (χ1) is 17.2. The summed E-state index contributed by atoms with van der Waals surface area (Å²) in [5.74, 6) is 3.83. The minimum absolute atomic E-state index is 0. The molecule has 0 amide bonds. The monoisotopic (exact) mass is 619 g/mol. The second-order valence-electron chi connectivity index (χ2n) is 9.71. The van der Waals surface area contributed by atoms with Crippen LogP contribution in [0, 0.1) is 0 Å². The Morgan fingerprint density at radius 3 is 2.50 bits per heavy atom. The molecular formula is C29H31ClINO4. The first-order valence-corrected chi connectivity index (χ1v) is 12.8. The van der Waals surface area contributed by atoms with Gasteiger partial charge in [0.25, 0.3) is 0 Å². The Hall–Kier alpha value is -2.16. The van der Waals surface area contributed by atoms with E-state index in [4.69, 9.17) is 30.5 Å². The molecule has 3 aromatic rings. The molecule has 0 saturated heterocycles. The molecule has 3 aliphatic rings. The molecule has 0 spiro atoms. The third-order valence-corrected chi connectivity index (χ3v) is 8.16. The predicted octanol–water partition coefficient (Wildman–Crippen LogP) is 1.89. The number of aryl methyl sites for hydroxylation is 1. The Labute approximate surface area is 234 Å². The van der Waals surface area contributed by atoms with Crippen LogP contribution in [0.4, 0.5) is 0 Å². The van der Waals surface area contributed by atoms with Crippen LogP contribution in [0.25, 0.3) is 0 Å². The number of nitrogens with one attached hydrogen (secondary N) is 1. The van der Waals surface area contributed by atoms with E-state index < -0.39 is 0 Å². The Bertz CT molecular complexity index is 1250. The second-order valence-corrected chi connectivity index (χ2v) is 10.1. The summed E-state index contributed by atoms with van der Waals surface area (Å²) in [6, 6.07) is 17.4. The largest absolute Gasteiger partial charge is 1.00 e. The van der Waals surface area contributed by atoms with Gasteiger partial charge in [-0.15, -0.1) is 0 Å². The van der Waals surface area contributed by atoms with Crippen LogP contribution < -0.4 is 47.8 Å². The van der Waals surface area contributed by atoms with E-state index in [-0.39, 0.29) is 24.0 Å². The molecule has 190 valence electrons. The fourth-order valence-electron chi connectivity index (χ4n) is 6.32. The zero-order valence-corrected chi connectivity index (χ0v) is 23.5. The quantitative estimate of drug-likeness (QED) is 0.429. The van der Waals surface area contributed by atoms with Crippen LogP contribution >= 0.6 is 11.6 Å². The van der Waals surface area contributed by atoms with E-state index in [1.807, 2.05) is 12.1 Å². The van der Waals surface area contributed by atoms with Crippen molar-refractivity contribution >= 4 is 11.6 Å². The van der Waals surface area contributed by atoms with Crippen molar-refractivity contribution in [1.82, 2.24) is 0 Å². The maximum atomic E-state index is 6.10. The van der Waals surface area contributed by atoms with E-state index in [1.165, 1.54) is 27.8 Å². The molecule has 1 N–H and O–H groups in total. The minimum Gasteiger partial charge on any atom is -1.00 e. The van der Waals surface area contributed by atoms with Gasteiger partial charge >= 0.3 is 0 Å². The number of fused-ring (bicyclic) bond motifs is 5. The summed E-state index contributed by atoms with van der Waals surface area (Å²) in [6.07, 6.45) is 4.26. The summed E-state index contributed by atoms with van der Waals surface area (Å²) in [5.41, 5.74) is 6.81. The van der Waals surface area contributed by atoms with Crippen molar-refractivity contribution in [3.63, 3.8) is 0 Å². The number of rotatable bonds is 6. The summed E-state index contributed by atoms with van der Waals surface area (Å²) in [6.45, 7) is 2.33. The van der Waals surface area contributed by atoms with E-state index in [2.05, 4.69) is 36.4 Å². The average molecular weight is 620 g/mol. The molecule has 0 fully saturated rings. The number of methoxy groups -OCH3 is 2. The molecule has 3 unspecified atom stereocenters. The number of halogens is 2. The van der Waals surface area contributed by atoms with Gasteiger partial charge in [0.15, 0.2) is 23.0 Å². The van der Waals surface area contributed by atoms with Gasteiger partial charge in [-0.3, -0.25) is 0 Å². The van der Waals surface area contributed by atoms with E-state index in [0.29, 0.717) is 18.8 Å². The van der Waals surface area contributed by atoms with Gasteiger partial charge in [-0.1, -0.05) is 29.8 Å². The summed E-state index contributed by atoms with van der Waals surface area (Å²) in [4.78, 5) is 1.59. The maximum Gasteiger partial charge on any atom is 0.231 e. The van der Waals surface area contributed by atoms with Crippen molar-refractivity contribution in [2.45, 2.75) is 44.2 Å². The van der Waals surface area contributed by atoms with Crippen LogP contribution in [0.1, 0.15) is 52.6 Å². The van der Waals surface area contributed by atoms with Crippen LogP contribution in [0.2, 0.25) is 5.02 Å². The van der Waals surface area contributed by atoms with Crippen LogP contribution in [-0.2, 0) is 19.4 Å². The van der Waals surface area contributed by atoms with Crippen LogP contribution in [0.5, 0.6) is 23.0 Å². The lowest BCUT2D eigenvalue weighted by molar-refractivity contribution is -0.951. The Balaban J connectivity index is 0.00000267. The third kappa shape index (κ3) is 4.52. The SMILES string of the molecule is COc1ccc2c(c1OC)C[NH+]1CCc3cc4c(cc3C1C2CCCc1ccc(Cl)cc1)OCO4.[I-]. The molecule has 0 bridgehead atoms. The third-order valence-electron chi connectivity index (χ3n) is 7.91. The molecule has 3 atom stereocenters. The van der Waals surface area contributed by atoms with Gasteiger partial charge in [0.2, 0.25) is 6.79 Å². The highest BCUT2D eigenvalue weighted by Gasteiger charge is 2.44. The average Bonchev–Trinajstić information content (AvgIpc) is 3.34. The van der Waals surface area contributed by atoms with Crippen LogP contribution in [0.15, 0.2) is 48.5 Å². The first-order valence-electron chi connectivity index (χ1n) is 12.4. The smallest absolute Gasteiger partial charge is 0.231 e. The van der Waals surface area contributed by atoms with Crippen molar-refractivity contribution in [1.29, 1.82) is 0 Å². The van der Waals surface area contributed by atoms with Crippen LogP contribution in [-0.4, -0.2) is 27.6 Å². The maximum absolute atomic E-state index is 6.10. The lowest BCUT2D eigenvalue weighted by Crippen LogP contribution is -3.13. The standard InChI is InChI=1S/C29H30ClNO4.HI/c1-32-25-11-10-21-22(5-3-4-18-6-8-20(30)9-7-18)28-23-15-27-26(34-17-35-27)14-19(23)12-13-31(28)16-24(21)29(25)33-2;/h6-11,14-15,22,28H,3-5,12-13,16-17H2,1-2H3;1H. The van der Waals surface area contributed by atoms with Gasteiger partial charge < -0.3 is 47.8 Å². The van der Waals surface area contributed by atoms with Gasteiger partial charge in [0, 0.05) is 22.9 Å². The van der Waals surface area contributed by atoms with E-state index in [1.54, 1.807) is 19.1 Å². The Morgan fingerprint density at radius 2 is 1.75 bits per heavy atom. The molecule has 3 aliphatic heterocycles. The van der Waals surface area contributed by atoms with E-state index in [9.17, 15) is 0 Å². The number of hydrogen-bond acceptors (Lipinski definition) is 4. The summed E-state index contributed by atoms with van der Waals surface area (Å²) >= 11 is 6.10. The molecule has 0 aliphatic carbocycles. The van der Waals surface area contributed by atoms with Gasteiger partial charge in [0.1, 0.15) is 12.6 Å². The molecule has 5 nitrogen and oxygen atoms in total. The number of ether oxygens (including phenoxy) is 4. The van der Waals surface area contributed by atoms with Gasteiger partial charge in [-0.2, -0.15) is 0 Å². The lowest BCUT2D eigenvalue weighted by atomic mass is 9.74. The molecule has 6 rings (SSSR count). The van der Waals surface area contributed by atoms with E-state index >= 15 is 0 Å². The molecule has 3 heterocycles. The lowest BCUT2D eigenvalue weighted by Gasteiger charge is -2.43. The van der Waals surface area contributed by atoms with Crippen molar-refractivity contribution in [3.8, 4) is 23.0 Å². The summed E-state index contributed by atoms with van der Waals surface area (Å²) < 4.78 is 23.0. The Morgan fingerprint density at radius 1 is 0.972 bits per heavy atom. The van der Waals surface area contributed by atoms with Gasteiger partial charge in [-0.05, 0) is 66.3 Å². The van der Waals surface area contributed by atoms with Gasteiger partial charge in [-0.25, -0.2) is 0 Å². The molecule has 0 radical (unpaired) electrons. The highest BCUT2D eigenvalue weighted by molar-refractivity contribution is 6.30. The van der Waals surface area contributed by atoms with Crippen molar-refractivity contribution < 1.29 is 47.8 Å². The molecule has 3 aromatic carbocycles.